The minimum Gasteiger partial charge on any atom is -0.493 e. The van der Waals surface area contributed by atoms with Crippen LogP contribution in [0.2, 0.25) is 0 Å². The molecular formula is C28H27BrN2O3S. The molecule has 0 spiro atoms. The van der Waals surface area contributed by atoms with Crippen LogP contribution in [-0.4, -0.2) is 29.6 Å². The highest BCUT2D eigenvalue weighted by molar-refractivity contribution is 9.10. The van der Waals surface area contributed by atoms with E-state index in [0.29, 0.717) is 34.7 Å². The van der Waals surface area contributed by atoms with Gasteiger partial charge >= 0.3 is 0 Å². The van der Waals surface area contributed by atoms with Gasteiger partial charge in [-0.2, -0.15) is 0 Å². The third kappa shape index (κ3) is 6.16. The van der Waals surface area contributed by atoms with Crippen molar-refractivity contribution in [3.8, 4) is 11.5 Å². The van der Waals surface area contributed by atoms with Gasteiger partial charge < -0.3 is 9.47 Å². The van der Waals surface area contributed by atoms with E-state index in [9.17, 15) is 4.79 Å². The number of hydrogen-bond acceptors (Lipinski definition) is 5. The van der Waals surface area contributed by atoms with Gasteiger partial charge in [-0.25, -0.2) is 4.99 Å². The molecule has 0 aliphatic carbocycles. The Hall–Kier alpha value is -3.03. The summed E-state index contributed by atoms with van der Waals surface area (Å²) < 4.78 is 12.4. The molecule has 1 heterocycles. The molecule has 0 aromatic heterocycles. The van der Waals surface area contributed by atoms with Crippen LogP contribution >= 0.6 is 27.7 Å². The Labute approximate surface area is 219 Å². The average Bonchev–Trinajstić information content (AvgIpc) is 3.14. The Morgan fingerprint density at radius 3 is 2.51 bits per heavy atom. The van der Waals surface area contributed by atoms with Crippen LogP contribution in [-0.2, 0) is 11.4 Å². The molecule has 180 valence electrons. The van der Waals surface area contributed by atoms with E-state index >= 15 is 0 Å². The second-order valence-electron chi connectivity index (χ2n) is 8.11. The number of aliphatic imine (C=N–C) groups is 1. The molecule has 0 saturated carbocycles. The highest BCUT2D eigenvalue weighted by Crippen LogP contribution is 2.40. The number of amidine groups is 1. The number of hydrogen-bond donors (Lipinski definition) is 0. The van der Waals surface area contributed by atoms with Crippen LogP contribution in [0.3, 0.4) is 0 Å². The lowest BCUT2D eigenvalue weighted by molar-refractivity contribution is -0.122. The Bertz CT molecular complexity index is 1260. The number of methoxy groups -OCH3 is 1. The van der Waals surface area contributed by atoms with Gasteiger partial charge in [0.1, 0.15) is 6.61 Å². The number of amides is 1. The summed E-state index contributed by atoms with van der Waals surface area (Å²) in [6, 6.07) is 21.8. The second-order valence-corrected chi connectivity index (χ2v) is 9.97. The standard InChI is InChI=1S/C28H27BrN2O3S/c1-4-14-31-27(32)25(35-28(31)30-22-12-10-19(2)11-13-22)17-21-15-23(29)26(24(16-21)33-3)34-18-20-8-6-5-7-9-20/h5-13,15-17H,4,14,18H2,1-3H3/b25-17+,30-28?. The summed E-state index contributed by atoms with van der Waals surface area (Å²) in [4.78, 5) is 20.3. The number of aryl methyl sites for hydroxylation is 1. The Morgan fingerprint density at radius 1 is 1.09 bits per heavy atom. The van der Waals surface area contributed by atoms with Gasteiger partial charge in [-0.1, -0.05) is 55.0 Å². The number of carbonyl (C=O) groups is 1. The van der Waals surface area contributed by atoms with Crippen LogP contribution in [0.15, 0.2) is 81.1 Å². The molecule has 35 heavy (non-hydrogen) atoms. The van der Waals surface area contributed by atoms with E-state index in [1.54, 1.807) is 12.0 Å². The summed E-state index contributed by atoms with van der Waals surface area (Å²) in [7, 11) is 1.61. The fourth-order valence-electron chi connectivity index (χ4n) is 3.59. The van der Waals surface area contributed by atoms with Crippen molar-refractivity contribution in [1.82, 2.24) is 4.90 Å². The number of ether oxygens (including phenoxy) is 2. The predicted octanol–water partition coefficient (Wildman–Crippen LogP) is 7.36. The van der Waals surface area contributed by atoms with Crippen molar-refractivity contribution in [2.24, 2.45) is 4.99 Å². The summed E-state index contributed by atoms with van der Waals surface area (Å²) >= 11 is 5.01. The fourth-order valence-corrected chi connectivity index (χ4v) is 5.19. The zero-order valence-electron chi connectivity index (χ0n) is 20.0. The first-order valence-electron chi connectivity index (χ1n) is 11.4. The summed E-state index contributed by atoms with van der Waals surface area (Å²) in [5, 5.41) is 0.695. The SMILES string of the molecule is CCCN1C(=O)/C(=C\c2cc(Br)c(OCc3ccccc3)c(OC)c2)SC1=Nc1ccc(C)cc1. The smallest absolute Gasteiger partial charge is 0.266 e. The minimum atomic E-state index is -0.0396. The maximum Gasteiger partial charge on any atom is 0.266 e. The molecule has 1 fully saturated rings. The quantitative estimate of drug-likeness (QED) is 0.275. The van der Waals surface area contributed by atoms with Crippen LogP contribution in [0.5, 0.6) is 11.5 Å². The van der Waals surface area contributed by atoms with Crippen molar-refractivity contribution in [3.05, 3.63) is 92.8 Å². The molecule has 0 N–H and O–H groups in total. The second kappa shape index (κ2) is 11.6. The molecule has 4 rings (SSSR count). The first-order valence-corrected chi connectivity index (χ1v) is 13.0. The monoisotopic (exact) mass is 550 g/mol. The van der Waals surface area contributed by atoms with Crippen molar-refractivity contribution in [3.63, 3.8) is 0 Å². The molecule has 0 unspecified atom stereocenters. The third-order valence-corrected chi connectivity index (χ3v) is 6.97. The summed E-state index contributed by atoms with van der Waals surface area (Å²) in [6.07, 6.45) is 2.72. The third-order valence-electron chi connectivity index (χ3n) is 5.37. The molecule has 1 saturated heterocycles. The van der Waals surface area contributed by atoms with Crippen molar-refractivity contribution < 1.29 is 14.3 Å². The van der Waals surface area contributed by atoms with Gasteiger partial charge in [-0.3, -0.25) is 9.69 Å². The fraction of sp³-hybridized carbons (Fsp3) is 0.214. The lowest BCUT2D eigenvalue weighted by Crippen LogP contribution is -2.29. The van der Waals surface area contributed by atoms with Crippen molar-refractivity contribution >= 4 is 50.5 Å². The molecule has 0 bridgehead atoms. The number of benzene rings is 3. The first-order chi connectivity index (χ1) is 17.0. The van der Waals surface area contributed by atoms with Gasteiger partial charge in [-0.15, -0.1) is 0 Å². The Kier molecular flexibility index (Phi) is 8.31. The highest BCUT2D eigenvalue weighted by Gasteiger charge is 2.33. The maximum absolute atomic E-state index is 13.2. The Morgan fingerprint density at radius 2 is 1.83 bits per heavy atom. The zero-order chi connectivity index (χ0) is 24.8. The average molecular weight is 552 g/mol. The van der Waals surface area contributed by atoms with Crippen LogP contribution < -0.4 is 9.47 Å². The van der Waals surface area contributed by atoms with Crippen molar-refractivity contribution in [2.75, 3.05) is 13.7 Å². The lowest BCUT2D eigenvalue weighted by atomic mass is 10.1. The highest BCUT2D eigenvalue weighted by atomic mass is 79.9. The van der Waals surface area contributed by atoms with E-state index in [0.717, 1.165) is 27.7 Å². The Balaban J connectivity index is 1.60. The molecule has 5 nitrogen and oxygen atoms in total. The molecule has 3 aromatic rings. The van der Waals surface area contributed by atoms with Gasteiger partial charge in [0.15, 0.2) is 16.7 Å². The van der Waals surface area contributed by atoms with E-state index in [1.807, 2.05) is 79.7 Å². The largest absolute Gasteiger partial charge is 0.493 e. The van der Waals surface area contributed by atoms with E-state index in [2.05, 4.69) is 22.9 Å². The molecule has 1 aliphatic heterocycles. The van der Waals surface area contributed by atoms with E-state index < -0.39 is 0 Å². The lowest BCUT2D eigenvalue weighted by Gasteiger charge is -2.14. The number of rotatable bonds is 8. The molecule has 0 atom stereocenters. The number of nitrogens with zero attached hydrogens (tertiary/aromatic N) is 2. The molecule has 7 heteroatoms. The summed E-state index contributed by atoms with van der Waals surface area (Å²) in [6.45, 7) is 5.14. The van der Waals surface area contributed by atoms with Gasteiger partial charge in [0.05, 0.1) is 22.2 Å². The van der Waals surface area contributed by atoms with E-state index in [1.165, 1.54) is 17.3 Å². The van der Waals surface area contributed by atoms with Gasteiger partial charge in [0, 0.05) is 6.54 Å². The van der Waals surface area contributed by atoms with E-state index in [4.69, 9.17) is 14.5 Å². The molecule has 0 radical (unpaired) electrons. The molecule has 1 aliphatic rings. The zero-order valence-corrected chi connectivity index (χ0v) is 22.4. The van der Waals surface area contributed by atoms with Gasteiger partial charge in [-0.05, 0) is 82.5 Å². The summed E-state index contributed by atoms with van der Waals surface area (Å²) in [5.74, 6) is 1.18. The molecule has 3 aromatic carbocycles. The number of thioether (sulfide) groups is 1. The number of carbonyl (C=O) groups excluding carboxylic acids is 1. The van der Waals surface area contributed by atoms with E-state index in [-0.39, 0.29) is 5.91 Å². The van der Waals surface area contributed by atoms with Gasteiger partial charge in [0.25, 0.3) is 5.91 Å². The minimum absolute atomic E-state index is 0.0396. The van der Waals surface area contributed by atoms with Crippen LogP contribution in [0.25, 0.3) is 6.08 Å². The van der Waals surface area contributed by atoms with Crippen LogP contribution in [0.1, 0.15) is 30.0 Å². The van der Waals surface area contributed by atoms with Crippen LogP contribution in [0, 0.1) is 6.92 Å². The predicted molar refractivity (Wildman–Crippen MR) is 147 cm³/mol. The number of halogens is 1. The molecule has 1 amide bonds. The summed E-state index contributed by atoms with van der Waals surface area (Å²) in [5.41, 5.74) is 3.91. The topological polar surface area (TPSA) is 51.1 Å². The normalized spacial score (nSPS) is 15.8. The molecular weight excluding hydrogens is 524 g/mol. The first kappa shape index (κ1) is 25.1. The maximum atomic E-state index is 13.2. The van der Waals surface area contributed by atoms with Crippen LogP contribution in [0.4, 0.5) is 5.69 Å². The van der Waals surface area contributed by atoms with Gasteiger partial charge in [0.2, 0.25) is 0 Å². The van der Waals surface area contributed by atoms with Crippen molar-refractivity contribution in [2.45, 2.75) is 26.9 Å². The van der Waals surface area contributed by atoms with Crippen molar-refractivity contribution in [1.29, 1.82) is 0 Å².